The first-order chi connectivity index (χ1) is 12.7. The molecule has 1 aliphatic rings. The van der Waals surface area contributed by atoms with Crippen LogP contribution in [0.1, 0.15) is 25.8 Å². The minimum atomic E-state index is -1.18. The van der Waals surface area contributed by atoms with E-state index in [4.69, 9.17) is 14.2 Å². The fourth-order valence-electron chi connectivity index (χ4n) is 3.05. The summed E-state index contributed by atoms with van der Waals surface area (Å²) in [6, 6.07) is 17.0. The lowest BCUT2D eigenvalue weighted by molar-refractivity contribution is -0.160. The van der Waals surface area contributed by atoms with E-state index in [1.807, 2.05) is 54.6 Å². The fourth-order valence-corrected chi connectivity index (χ4v) is 3.05. The molecule has 0 aliphatic carbocycles. The fraction of sp³-hybridized carbons (Fsp3) is 0.381. The lowest BCUT2D eigenvalue weighted by Gasteiger charge is -2.27. The lowest BCUT2D eigenvalue weighted by Crippen LogP contribution is -2.39. The predicted octanol–water partition coefficient (Wildman–Crippen LogP) is 3.59. The number of rotatable bonds is 8. The number of ether oxygens (including phenoxy) is 3. The smallest absolute Gasteiger partial charge is 0.314 e. The van der Waals surface area contributed by atoms with Gasteiger partial charge in [-0.1, -0.05) is 56.3 Å². The van der Waals surface area contributed by atoms with Crippen molar-refractivity contribution in [1.29, 1.82) is 0 Å². The predicted molar refractivity (Wildman–Crippen MR) is 99.2 cm³/mol. The molecule has 0 saturated carbocycles. The van der Waals surface area contributed by atoms with Crippen molar-refractivity contribution in [2.24, 2.45) is 0 Å². The molecule has 3 rings (SSSR count). The highest BCUT2D eigenvalue weighted by molar-refractivity contribution is 5.71. The second-order valence-electron chi connectivity index (χ2n) is 6.19. The molecule has 0 aromatic heterocycles. The van der Waals surface area contributed by atoms with Gasteiger partial charge in [-0.25, -0.2) is 0 Å². The van der Waals surface area contributed by atoms with E-state index in [-0.39, 0.29) is 12.4 Å². The van der Waals surface area contributed by atoms with Crippen LogP contribution in [0.2, 0.25) is 0 Å². The zero-order valence-electron chi connectivity index (χ0n) is 15.3. The maximum atomic E-state index is 12.5. The first-order valence-corrected chi connectivity index (χ1v) is 9.07. The van der Waals surface area contributed by atoms with Crippen molar-refractivity contribution in [2.45, 2.75) is 26.1 Å². The van der Waals surface area contributed by atoms with Crippen molar-refractivity contribution in [3.63, 3.8) is 0 Å². The molecule has 5 heteroatoms. The number of para-hydroxylation sites is 2. The van der Waals surface area contributed by atoms with Crippen molar-refractivity contribution in [2.75, 3.05) is 26.2 Å². The van der Waals surface area contributed by atoms with E-state index in [0.717, 1.165) is 25.2 Å². The highest BCUT2D eigenvalue weighted by Crippen LogP contribution is 2.45. The van der Waals surface area contributed by atoms with E-state index in [0.29, 0.717) is 18.1 Å². The maximum Gasteiger partial charge on any atom is 0.314 e. The molecular formula is C21H25NO4. The van der Waals surface area contributed by atoms with Crippen LogP contribution in [-0.2, 0) is 15.3 Å². The Bertz CT molecular complexity index is 703. The SMILES string of the molecule is CCN(CC)CCOC(=O)CC1(c2ccccc2)Oc2ccccc2O1. The third kappa shape index (κ3) is 3.99. The van der Waals surface area contributed by atoms with E-state index < -0.39 is 5.79 Å². The van der Waals surface area contributed by atoms with Gasteiger partial charge in [-0.15, -0.1) is 0 Å². The minimum Gasteiger partial charge on any atom is -0.464 e. The summed E-state index contributed by atoms with van der Waals surface area (Å²) < 4.78 is 17.6. The van der Waals surface area contributed by atoms with E-state index in [1.165, 1.54) is 0 Å². The van der Waals surface area contributed by atoms with Crippen molar-refractivity contribution < 1.29 is 19.0 Å². The quantitative estimate of drug-likeness (QED) is 0.677. The Kier molecular flexibility index (Phi) is 5.78. The molecule has 2 aromatic rings. The normalized spacial score (nSPS) is 14.4. The highest BCUT2D eigenvalue weighted by Gasteiger charge is 2.45. The lowest BCUT2D eigenvalue weighted by atomic mass is 10.0. The Labute approximate surface area is 154 Å². The molecule has 2 aromatic carbocycles. The number of carbonyl (C=O) groups is 1. The Hall–Kier alpha value is -2.53. The number of hydrogen-bond donors (Lipinski definition) is 0. The van der Waals surface area contributed by atoms with Crippen LogP contribution in [-0.4, -0.2) is 37.1 Å². The second kappa shape index (κ2) is 8.23. The third-order valence-corrected chi connectivity index (χ3v) is 4.55. The molecule has 1 heterocycles. The summed E-state index contributed by atoms with van der Waals surface area (Å²) >= 11 is 0. The second-order valence-corrected chi connectivity index (χ2v) is 6.19. The van der Waals surface area contributed by atoms with E-state index in [9.17, 15) is 4.79 Å². The molecule has 0 unspecified atom stereocenters. The van der Waals surface area contributed by atoms with Crippen LogP contribution in [0.3, 0.4) is 0 Å². The molecule has 0 bridgehead atoms. The van der Waals surface area contributed by atoms with Gasteiger partial charge in [0.2, 0.25) is 0 Å². The largest absolute Gasteiger partial charge is 0.464 e. The average Bonchev–Trinajstić information content (AvgIpc) is 3.05. The molecule has 0 atom stereocenters. The molecule has 0 amide bonds. The highest BCUT2D eigenvalue weighted by atomic mass is 16.7. The average molecular weight is 355 g/mol. The Morgan fingerprint density at radius 2 is 1.54 bits per heavy atom. The summed E-state index contributed by atoms with van der Waals surface area (Å²) in [5.74, 6) is -0.259. The summed E-state index contributed by atoms with van der Waals surface area (Å²) in [5, 5.41) is 0. The van der Waals surface area contributed by atoms with Gasteiger partial charge in [0, 0.05) is 12.1 Å². The Balaban J connectivity index is 1.71. The van der Waals surface area contributed by atoms with E-state index >= 15 is 0 Å². The minimum absolute atomic E-state index is 0.00998. The molecule has 5 nitrogen and oxygen atoms in total. The summed E-state index contributed by atoms with van der Waals surface area (Å²) in [4.78, 5) is 14.7. The van der Waals surface area contributed by atoms with Gasteiger partial charge < -0.3 is 19.1 Å². The molecule has 0 fully saturated rings. The summed E-state index contributed by atoms with van der Waals surface area (Å²) in [7, 11) is 0. The summed E-state index contributed by atoms with van der Waals surface area (Å²) in [6.07, 6.45) is -0.00998. The topological polar surface area (TPSA) is 48.0 Å². The molecule has 26 heavy (non-hydrogen) atoms. The van der Waals surface area contributed by atoms with Crippen molar-refractivity contribution in [3.05, 3.63) is 60.2 Å². The zero-order chi connectivity index (χ0) is 18.4. The molecule has 0 saturated heterocycles. The van der Waals surface area contributed by atoms with Gasteiger partial charge in [0.05, 0.1) is 0 Å². The van der Waals surface area contributed by atoms with Crippen molar-refractivity contribution in [1.82, 2.24) is 4.90 Å². The number of likely N-dealkylation sites (N-methyl/N-ethyl adjacent to an activating group) is 1. The molecular weight excluding hydrogens is 330 g/mol. The maximum absolute atomic E-state index is 12.5. The number of fused-ring (bicyclic) bond motifs is 1. The number of nitrogens with zero attached hydrogens (tertiary/aromatic N) is 1. The van der Waals surface area contributed by atoms with Gasteiger partial charge in [-0.05, 0) is 25.2 Å². The summed E-state index contributed by atoms with van der Waals surface area (Å²) in [5.41, 5.74) is 0.789. The molecule has 0 radical (unpaired) electrons. The van der Waals surface area contributed by atoms with Gasteiger partial charge in [0.15, 0.2) is 11.5 Å². The number of benzene rings is 2. The van der Waals surface area contributed by atoms with Gasteiger partial charge in [0.25, 0.3) is 5.79 Å². The molecule has 0 N–H and O–H groups in total. The standard InChI is InChI=1S/C21H25NO4/c1-3-22(4-2)14-15-24-20(23)16-21(17-10-6-5-7-11-17)25-18-12-8-9-13-19(18)26-21/h5-13H,3-4,14-16H2,1-2H3. The van der Waals surface area contributed by atoms with Gasteiger partial charge in [0.1, 0.15) is 13.0 Å². The number of hydrogen-bond acceptors (Lipinski definition) is 5. The molecule has 138 valence electrons. The number of esters is 1. The van der Waals surface area contributed by atoms with E-state index in [2.05, 4.69) is 18.7 Å². The first kappa shape index (κ1) is 18.3. The van der Waals surface area contributed by atoms with Gasteiger partial charge in [-0.3, -0.25) is 4.79 Å². The summed E-state index contributed by atoms with van der Waals surface area (Å²) in [6.45, 7) is 7.13. The Morgan fingerprint density at radius 3 is 2.12 bits per heavy atom. The van der Waals surface area contributed by atoms with Gasteiger partial charge in [-0.2, -0.15) is 0 Å². The van der Waals surface area contributed by atoms with Crippen LogP contribution in [0.15, 0.2) is 54.6 Å². The van der Waals surface area contributed by atoms with E-state index in [1.54, 1.807) is 0 Å². The van der Waals surface area contributed by atoms with Crippen LogP contribution in [0.25, 0.3) is 0 Å². The van der Waals surface area contributed by atoms with Crippen LogP contribution in [0.4, 0.5) is 0 Å². The van der Waals surface area contributed by atoms with Crippen molar-refractivity contribution in [3.8, 4) is 11.5 Å². The zero-order valence-corrected chi connectivity index (χ0v) is 15.3. The van der Waals surface area contributed by atoms with Crippen molar-refractivity contribution >= 4 is 5.97 Å². The third-order valence-electron chi connectivity index (χ3n) is 4.55. The Morgan fingerprint density at radius 1 is 0.962 bits per heavy atom. The monoisotopic (exact) mass is 355 g/mol. The first-order valence-electron chi connectivity index (χ1n) is 9.07. The van der Waals surface area contributed by atoms with Crippen LogP contribution < -0.4 is 9.47 Å². The van der Waals surface area contributed by atoms with Crippen LogP contribution in [0.5, 0.6) is 11.5 Å². The molecule has 1 aliphatic heterocycles. The van der Waals surface area contributed by atoms with Gasteiger partial charge >= 0.3 is 5.97 Å². The van der Waals surface area contributed by atoms with Crippen LogP contribution in [0, 0.1) is 0 Å². The van der Waals surface area contributed by atoms with Crippen LogP contribution >= 0.6 is 0 Å². The molecule has 0 spiro atoms. The number of carbonyl (C=O) groups excluding carboxylic acids is 1.